The van der Waals surface area contributed by atoms with Crippen LogP contribution in [0.25, 0.3) is 0 Å². The lowest BCUT2D eigenvalue weighted by atomic mass is 10.0. The van der Waals surface area contributed by atoms with Crippen molar-refractivity contribution in [1.29, 1.82) is 0 Å². The first-order valence-electron chi connectivity index (χ1n) is 6.69. The van der Waals surface area contributed by atoms with E-state index in [4.69, 9.17) is 5.11 Å². The highest BCUT2D eigenvalue weighted by Gasteiger charge is 2.09. The molecule has 1 unspecified atom stereocenters. The van der Waals surface area contributed by atoms with Crippen LogP contribution in [0.4, 0.5) is 0 Å². The molecule has 0 saturated carbocycles. The monoisotopic (exact) mass is 249 g/mol. The van der Waals surface area contributed by atoms with Crippen LogP contribution < -0.4 is 5.32 Å². The number of rotatable bonds is 7. The van der Waals surface area contributed by atoms with Gasteiger partial charge in [0, 0.05) is 18.7 Å². The number of nitrogens with one attached hydrogen (secondary N) is 1. The number of hydrogen-bond donors (Lipinski definition) is 2. The molecular formula is C15H23NO2. The Bertz CT molecular complexity index is 359. The van der Waals surface area contributed by atoms with E-state index in [9.17, 15) is 4.79 Å². The molecule has 2 N–H and O–H groups in total. The van der Waals surface area contributed by atoms with Gasteiger partial charge in [0.2, 0.25) is 0 Å². The highest BCUT2D eigenvalue weighted by atomic mass is 16.3. The van der Waals surface area contributed by atoms with Crippen LogP contribution in [-0.2, 0) is 6.42 Å². The van der Waals surface area contributed by atoms with Gasteiger partial charge in [-0.25, -0.2) is 0 Å². The second kappa shape index (κ2) is 7.88. The molecular weight excluding hydrogens is 226 g/mol. The fraction of sp³-hybridized carbons (Fsp3) is 0.533. The maximum atomic E-state index is 11.9. The molecule has 0 radical (unpaired) electrons. The molecule has 0 saturated heterocycles. The highest BCUT2D eigenvalue weighted by molar-refractivity contribution is 5.94. The zero-order chi connectivity index (χ0) is 13.4. The average molecular weight is 249 g/mol. The summed E-state index contributed by atoms with van der Waals surface area (Å²) < 4.78 is 0. The number of aliphatic hydroxyl groups is 1. The summed E-state index contributed by atoms with van der Waals surface area (Å²) in [5.74, 6) is 0.322. The standard InChI is InChI=1S/C15H23NO2/c1-3-12-5-7-14(8-6-12)15(18)16-11-13(4-2)9-10-17/h5-8,13,17H,3-4,9-11H2,1-2H3,(H,16,18). The molecule has 3 heteroatoms. The van der Waals surface area contributed by atoms with E-state index in [-0.39, 0.29) is 12.5 Å². The summed E-state index contributed by atoms with van der Waals surface area (Å²) in [6.45, 7) is 4.98. The first kappa shape index (κ1) is 14.7. The Morgan fingerprint density at radius 3 is 2.44 bits per heavy atom. The molecule has 0 bridgehead atoms. The molecule has 0 aliphatic rings. The van der Waals surface area contributed by atoms with Crippen LogP contribution in [0.5, 0.6) is 0 Å². The number of hydrogen-bond acceptors (Lipinski definition) is 2. The van der Waals surface area contributed by atoms with Crippen molar-refractivity contribution in [2.45, 2.75) is 33.1 Å². The number of benzene rings is 1. The molecule has 0 aliphatic carbocycles. The Kier molecular flexibility index (Phi) is 6.44. The van der Waals surface area contributed by atoms with Gasteiger partial charge in [-0.05, 0) is 36.5 Å². The topological polar surface area (TPSA) is 49.3 Å². The molecule has 0 aliphatic heterocycles. The number of aryl methyl sites for hydroxylation is 1. The van der Waals surface area contributed by atoms with E-state index in [0.29, 0.717) is 18.0 Å². The van der Waals surface area contributed by atoms with E-state index in [1.54, 1.807) is 0 Å². The van der Waals surface area contributed by atoms with Gasteiger partial charge in [-0.15, -0.1) is 0 Å². The van der Waals surface area contributed by atoms with E-state index in [1.807, 2.05) is 24.3 Å². The first-order valence-corrected chi connectivity index (χ1v) is 6.69. The summed E-state index contributed by atoms with van der Waals surface area (Å²) in [5, 5.41) is 11.8. The van der Waals surface area contributed by atoms with Gasteiger partial charge >= 0.3 is 0 Å². The molecule has 1 amide bonds. The van der Waals surface area contributed by atoms with Crippen molar-refractivity contribution in [1.82, 2.24) is 5.32 Å². The van der Waals surface area contributed by atoms with Crippen LogP contribution in [0.1, 0.15) is 42.6 Å². The predicted octanol–water partition coefficient (Wildman–Crippen LogP) is 2.39. The molecule has 1 aromatic carbocycles. The van der Waals surface area contributed by atoms with Crippen molar-refractivity contribution in [2.24, 2.45) is 5.92 Å². The van der Waals surface area contributed by atoms with Crippen LogP contribution >= 0.6 is 0 Å². The van der Waals surface area contributed by atoms with E-state index in [1.165, 1.54) is 5.56 Å². The lowest BCUT2D eigenvalue weighted by Gasteiger charge is -2.14. The number of carbonyl (C=O) groups is 1. The Morgan fingerprint density at radius 2 is 1.94 bits per heavy atom. The van der Waals surface area contributed by atoms with Crippen molar-refractivity contribution in [3.05, 3.63) is 35.4 Å². The normalized spacial score (nSPS) is 12.2. The minimum Gasteiger partial charge on any atom is -0.396 e. The molecule has 1 aromatic rings. The molecule has 0 aromatic heterocycles. The summed E-state index contributed by atoms with van der Waals surface area (Å²) in [6, 6.07) is 7.70. The van der Waals surface area contributed by atoms with Crippen LogP contribution in [0, 0.1) is 5.92 Å². The molecule has 0 spiro atoms. The molecule has 0 heterocycles. The average Bonchev–Trinajstić information content (AvgIpc) is 2.43. The summed E-state index contributed by atoms with van der Waals surface area (Å²) in [5.41, 5.74) is 1.93. The van der Waals surface area contributed by atoms with Gasteiger partial charge in [-0.2, -0.15) is 0 Å². The quantitative estimate of drug-likeness (QED) is 0.779. The Balaban J connectivity index is 2.48. The van der Waals surface area contributed by atoms with Crippen LogP contribution in [0.2, 0.25) is 0 Å². The third-order valence-electron chi connectivity index (χ3n) is 3.29. The fourth-order valence-corrected chi connectivity index (χ4v) is 1.86. The van der Waals surface area contributed by atoms with Crippen LogP contribution in [0.3, 0.4) is 0 Å². The summed E-state index contributed by atoms with van der Waals surface area (Å²) in [7, 11) is 0. The number of amides is 1. The molecule has 1 rings (SSSR count). The second-order valence-electron chi connectivity index (χ2n) is 4.55. The van der Waals surface area contributed by atoms with Crippen LogP contribution in [-0.4, -0.2) is 24.2 Å². The van der Waals surface area contributed by atoms with Crippen molar-refractivity contribution < 1.29 is 9.90 Å². The van der Waals surface area contributed by atoms with Gasteiger partial charge in [0.05, 0.1) is 0 Å². The van der Waals surface area contributed by atoms with Crippen molar-refractivity contribution >= 4 is 5.91 Å². The van der Waals surface area contributed by atoms with Gasteiger partial charge in [-0.3, -0.25) is 4.79 Å². The van der Waals surface area contributed by atoms with Crippen molar-refractivity contribution in [3.8, 4) is 0 Å². The third-order valence-corrected chi connectivity index (χ3v) is 3.29. The molecule has 100 valence electrons. The zero-order valence-corrected chi connectivity index (χ0v) is 11.3. The smallest absolute Gasteiger partial charge is 0.251 e. The molecule has 0 fully saturated rings. The van der Waals surface area contributed by atoms with E-state index in [0.717, 1.165) is 19.3 Å². The lowest BCUT2D eigenvalue weighted by molar-refractivity contribution is 0.0943. The van der Waals surface area contributed by atoms with Gasteiger partial charge in [0.1, 0.15) is 0 Å². The minimum absolute atomic E-state index is 0.0333. The van der Waals surface area contributed by atoms with E-state index < -0.39 is 0 Å². The van der Waals surface area contributed by atoms with Gasteiger partial charge < -0.3 is 10.4 Å². The molecule has 18 heavy (non-hydrogen) atoms. The van der Waals surface area contributed by atoms with Gasteiger partial charge in [0.15, 0.2) is 0 Å². The first-order chi connectivity index (χ1) is 8.71. The predicted molar refractivity (Wildman–Crippen MR) is 73.6 cm³/mol. The summed E-state index contributed by atoms with van der Waals surface area (Å²) in [6.07, 6.45) is 2.69. The second-order valence-corrected chi connectivity index (χ2v) is 4.55. The Morgan fingerprint density at radius 1 is 1.28 bits per heavy atom. The summed E-state index contributed by atoms with van der Waals surface area (Å²) >= 11 is 0. The lowest BCUT2D eigenvalue weighted by Crippen LogP contribution is -2.29. The third kappa shape index (κ3) is 4.49. The maximum absolute atomic E-state index is 11.9. The van der Waals surface area contributed by atoms with Crippen molar-refractivity contribution in [2.75, 3.05) is 13.2 Å². The number of aliphatic hydroxyl groups excluding tert-OH is 1. The largest absolute Gasteiger partial charge is 0.396 e. The van der Waals surface area contributed by atoms with Crippen LogP contribution in [0.15, 0.2) is 24.3 Å². The Hall–Kier alpha value is -1.35. The zero-order valence-electron chi connectivity index (χ0n) is 11.3. The molecule has 1 atom stereocenters. The fourth-order valence-electron chi connectivity index (χ4n) is 1.86. The van der Waals surface area contributed by atoms with E-state index >= 15 is 0 Å². The van der Waals surface area contributed by atoms with Gasteiger partial charge in [-0.1, -0.05) is 32.4 Å². The minimum atomic E-state index is -0.0333. The van der Waals surface area contributed by atoms with Crippen molar-refractivity contribution in [3.63, 3.8) is 0 Å². The number of carbonyl (C=O) groups excluding carboxylic acids is 1. The Labute approximate surface area is 109 Å². The van der Waals surface area contributed by atoms with Gasteiger partial charge in [0.25, 0.3) is 5.91 Å². The molecule has 3 nitrogen and oxygen atoms in total. The summed E-state index contributed by atoms with van der Waals surface area (Å²) in [4.78, 5) is 11.9. The highest BCUT2D eigenvalue weighted by Crippen LogP contribution is 2.08. The SMILES string of the molecule is CCc1ccc(C(=O)NCC(CC)CCO)cc1. The van der Waals surface area contributed by atoms with E-state index in [2.05, 4.69) is 19.2 Å². The maximum Gasteiger partial charge on any atom is 0.251 e.